The molecule has 4 nitrogen and oxygen atoms in total. The maximum atomic E-state index is 13.8. The Morgan fingerprint density at radius 1 is 1.00 bits per heavy atom. The third-order valence-electron chi connectivity index (χ3n) is 7.15. The molecule has 206 valence electrons. The first-order valence-electron chi connectivity index (χ1n) is 13.6. The van der Waals surface area contributed by atoms with E-state index in [9.17, 15) is 4.79 Å². The van der Waals surface area contributed by atoms with Crippen molar-refractivity contribution < 1.29 is 9.53 Å². The number of amides is 1. The number of halogens is 2. The normalized spacial score (nSPS) is 13.5. The molecular weight excluding hydrogens is 559 g/mol. The van der Waals surface area contributed by atoms with Gasteiger partial charge >= 0.3 is 0 Å². The zero-order valence-electron chi connectivity index (χ0n) is 22.7. The molecular formula is C33H32Cl2N2O2S. The van der Waals surface area contributed by atoms with Crippen LogP contribution in [0.4, 0.5) is 10.7 Å². The van der Waals surface area contributed by atoms with Crippen LogP contribution in [-0.4, -0.2) is 12.1 Å². The quantitative estimate of drug-likeness (QED) is 0.218. The Labute approximate surface area is 250 Å². The van der Waals surface area contributed by atoms with Crippen molar-refractivity contribution in [2.24, 2.45) is 4.99 Å². The van der Waals surface area contributed by atoms with Gasteiger partial charge in [-0.05, 0) is 86.6 Å². The molecule has 0 fully saturated rings. The summed E-state index contributed by atoms with van der Waals surface area (Å²) in [5.74, 6) is 0.532. The van der Waals surface area contributed by atoms with Gasteiger partial charge in [0.2, 0.25) is 0 Å². The Morgan fingerprint density at radius 3 is 2.62 bits per heavy atom. The second kappa shape index (κ2) is 13.0. The van der Waals surface area contributed by atoms with Crippen LogP contribution in [0.2, 0.25) is 10.0 Å². The maximum absolute atomic E-state index is 13.8. The van der Waals surface area contributed by atoms with E-state index in [1.807, 2.05) is 62.4 Å². The first-order chi connectivity index (χ1) is 19.4. The van der Waals surface area contributed by atoms with Crippen molar-refractivity contribution in [3.05, 3.63) is 109 Å². The van der Waals surface area contributed by atoms with Crippen LogP contribution in [0.25, 0.3) is 0 Å². The molecule has 1 aliphatic carbocycles. The van der Waals surface area contributed by atoms with E-state index in [0.29, 0.717) is 33.0 Å². The molecule has 0 bridgehead atoms. The second-order valence-electron chi connectivity index (χ2n) is 10.2. The average Bonchev–Trinajstić information content (AvgIpc) is 3.26. The number of fused-ring (bicyclic) bond motifs is 1. The van der Waals surface area contributed by atoms with E-state index < -0.39 is 0 Å². The number of hydrogen-bond acceptors (Lipinski definition) is 4. The van der Waals surface area contributed by atoms with E-state index in [1.165, 1.54) is 17.7 Å². The Balaban J connectivity index is 1.48. The molecule has 1 amide bonds. The summed E-state index contributed by atoms with van der Waals surface area (Å²) in [5.41, 5.74) is 6.41. The third-order valence-corrected chi connectivity index (χ3v) is 8.96. The summed E-state index contributed by atoms with van der Waals surface area (Å²) in [6.45, 7) is 4.36. The highest BCUT2D eigenvalue weighted by Crippen LogP contribution is 2.40. The Morgan fingerprint density at radius 2 is 1.80 bits per heavy atom. The van der Waals surface area contributed by atoms with Gasteiger partial charge in [0, 0.05) is 38.0 Å². The molecule has 0 saturated carbocycles. The van der Waals surface area contributed by atoms with E-state index in [-0.39, 0.29) is 5.91 Å². The highest BCUT2D eigenvalue weighted by atomic mass is 35.5. The van der Waals surface area contributed by atoms with Gasteiger partial charge in [-0.1, -0.05) is 66.4 Å². The zero-order valence-corrected chi connectivity index (χ0v) is 25.1. The second-order valence-corrected chi connectivity index (χ2v) is 12.1. The highest BCUT2D eigenvalue weighted by Gasteiger charge is 2.24. The van der Waals surface area contributed by atoms with Gasteiger partial charge in [-0.25, -0.2) is 4.99 Å². The average molecular weight is 592 g/mol. The SMILES string of the molecule is Cc1ccc(C)c(NC(=O)c2c(N=Cc3cc(Cl)ccc3OCc3ccccc3Cl)sc3c2CCCCCC3)c1. The number of rotatable bonds is 7. The minimum atomic E-state index is -0.111. The van der Waals surface area contributed by atoms with Crippen LogP contribution in [0.5, 0.6) is 5.75 Å². The number of aliphatic imine (C=N–C) groups is 1. The molecule has 0 radical (unpaired) electrons. The summed E-state index contributed by atoms with van der Waals surface area (Å²) < 4.78 is 6.13. The standard InChI is InChI=1S/C33H32Cl2N2O2S/c1-21-13-14-22(2)28(17-21)37-32(38)31-26-10-5-3-4-6-12-30(26)40-33(31)36-19-24-18-25(34)15-16-29(24)39-20-23-9-7-8-11-27(23)35/h7-9,11,13-19H,3-6,10,12,20H2,1-2H3,(H,37,38). The van der Waals surface area contributed by atoms with Crippen molar-refractivity contribution >= 4 is 57.3 Å². The third kappa shape index (κ3) is 6.77. The van der Waals surface area contributed by atoms with Crippen LogP contribution in [0, 0.1) is 13.8 Å². The number of nitrogens with zero attached hydrogens (tertiary/aromatic N) is 1. The summed E-state index contributed by atoms with van der Waals surface area (Å²) in [7, 11) is 0. The number of anilines is 1. The smallest absolute Gasteiger partial charge is 0.259 e. The molecule has 1 aromatic heterocycles. The number of nitrogens with one attached hydrogen (secondary N) is 1. The van der Waals surface area contributed by atoms with Gasteiger partial charge in [0.1, 0.15) is 17.4 Å². The minimum Gasteiger partial charge on any atom is -0.488 e. The van der Waals surface area contributed by atoms with Gasteiger partial charge in [-0.15, -0.1) is 11.3 Å². The first kappa shape index (κ1) is 28.4. The van der Waals surface area contributed by atoms with Crippen LogP contribution in [0.1, 0.15) is 68.7 Å². The van der Waals surface area contributed by atoms with Crippen LogP contribution >= 0.6 is 34.5 Å². The highest BCUT2D eigenvalue weighted by molar-refractivity contribution is 7.16. The molecule has 0 spiro atoms. The molecule has 1 aliphatic rings. The van der Waals surface area contributed by atoms with E-state index in [2.05, 4.69) is 11.4 Å². The number of thiophene rings is 1. The van der Waals surface area contributed by atoms with Crippen molar-refractivity contribution in [3.63, 3.8) is 0 Å². The number of carbonyl (C=O) groups excluding carboxylic acids is 1. The van der Waals surface area contributed by atoms with E-state index >= 15 is 0 Å². The van der Waals surface area contributed by atoms with Gasteiger partial charge in [0.05, 0.1) is 5.56 Å². The fourth-order valence-corrected chi connectivity index (χ4v) is 6.54. The number of aryl methyl sites for hydroxylation is 3. The molecule has 5 rings (SSSR count). The van der Waals surface area contributed by atoms with Crippen molar-refractivity contribution in [2.75, 3.05) is 5.32 Å². The van der Waals surface area contributed by atoms with Crippen LogP contribution in [0.3, 0.4) is 0 Å². The van der Waals surface area contributed by atoms with Crippen molar-refractivity contribution in [2.45, 2.75) is 59.0 Å². The van der Waals surface area contributed by atoms with E-state index in [1.54, 1.807) is 23.6 Å². The Bertz CT molecular complexity index is 1560. The summed E-state index contributed by atoms with van der Waals surface area (Å²) in [6.07, 6.45) is 8.22. The molecule has 40 heavy (non-hydrogen) atoms. The topological polar surface area (TPSA) is 50.7 Å². The lowest BCUT2D eigenvalue weighted by atomic mass is 9.96. The summed E-state index contributed by atoms with van der Waals surface area (Å²) in [6, 6.07) is 19.2. The van der Waals surface area contributed by atoms with Crippen molar-refractivity contribution in [1.82, 2.24) is 0 Å². The van der Waals surface area contributed by atoms with Gasteiger partial charge in [0.25, 0.3) is 5.91 Å². The fraction of sp³-hybridized carbons (Fsp3) is 0.273. The van der Waals surface area contributed by atoms with Gasteiger partial charge in [-0.3, -0.25) is 4.79 Å². The zero-order chi connectivity index (χ0) is 28.1. The number of benzene rings is 3. The predicted octanol–water partition coefficient (Wildman–Crippen LogP) is 9.91. The largest absolute Gasteiger partial charge is 0.488 e. The predicted molar refractivity (Wildman–Crippen MR) is 169 cm³/mol. The van der Waals surface area contributed by atoms with Gasteiger partial charge in [-0.2, -0.15) is 0 Å². The molecule has 3 aromatic carbocycles. The fourth-order valence-electron chi connectivity index (χ4n) is 4.94. The minimum absolute atomic E-state index is 0.111. The lowest BCUT2D eigenvalue weighted by Crippen LogP contribution is -2.15. The Hall–Kier alpha value is -3.12. The maximum Gasteiger partial charge on any atom is 0.259 e. The molecule has 4 aromatic rings. The number of hydrogen-bond donors (Lipinski definition) is 1. The lowest BCUT2D eigenvalue weighted by Gasteiger charge is -2.13. The molecule has 0 atom stereocenters. The lowest BCUT2D eigenvalue weighted by molar-refractivity contribution is 0.102. The van der Waals surface area contributed by atoms with Crippen molar-refractivity contribution in [1.29, 1.82) is 0 Å². The number of carbonyl (C=O) groups is 1. The van der Waals surface area contributed by atoms with Crippen LogP contribution in [0.15, 0.2) is 65.7 Å². The van der Waals surface area contributed by atoms with E-state index in [4.69, 9.17) is 32.9 Å². The molecule has 0 unspecified atom stereocenters. The molecule has 1 N–H and O–H groups in total. The summed E-state index contributed by atoms with van der Waals surface area (Å²) in [5, 5.41) is 5.13. The molecule has 1 heterocycles. The van der Waals surface area contributed by atoms with E-state index in [0.717, 1.165) is 59.2 Å². The molecule has 7 heteroatoms. The molecule has 0 saturated heterocycles. The van der Waals surface area contributed by atoms with Crippen molar-refractivity contribution in [3.8, 4) is 5.75 Å². The van der Waals surface area contributed by atoms with Gasteiger partial charge < -0.3 is 10.1 Å². The van der Waals surface area contributed by atoms with Gasteiger partial charge in [0.15, 0.2) is 0 Å². The van der Waals surface area contributed by atoms with Crippen LogP contribution < -0.4 is 10.1 Å². The monoisotopic (exact) mass is 590 g/mol. The summed E-state index contributed by atoms with van der Waals surface area (Å²) >= 11 is 14.3. The summed E-state index contributed by atoms with van der Waals surface area (Å²) in [4.78, 5) is 20.0. The first-order valence-corrected chi connectivity index (χ1v) is 15.2. The Kier molecular flexibility index (Phi) is 9.25. The molecule has 0 aliphatic heterocycles. The number of ether oxygens (including phenoxy) is 1. The van der Waals surface area contributed by atoms with Crippen LogP contribution in [-0.2, 0) is 19.4 Å².